The number of carbonyl (C=O) groups excluding carboxylic acids is 1. The van der Waals surface area contributed by atoms with Crippen molar-refractivity contribution >= 4 is 27.4 Å². The lowest BCUT2D eigenvalue weighted by Gasteiger charge is -2.34. The molecule has 0 aliphatic carbocycles. The van der Waals surface area contributed by atoms with Crippen LogP contribution < -0.4 is 15.0 Å². The van der Waals surface area contributed by atoms with Gasteiger partial charge in [-0.2, -0.15) is 4.31 Å². The maximum absolute atomic E-state index is 13.3. The monoisotopic (exact) mass is 458 g/mol. The molecule has 2 aliphatic rings. The fourth-order valence-electron chi connectivity index (χ4n) is 4.34. The maximum Gasteiger partial charge on any atom is 0.246 e. The van der Waals surface area contributed by atoms with Gasteiger partial charge in [-0.3, -0.25) is 4.79 Å². The quantitative estimate of drug-likeness (QED) is 0.715. The van der Waals surface area contributed by atoms with Gasteiger partial charge in [-0.15, -0.1) is 0 Å². The molecule has 0 spiro atoms. The van der Waals surface area contributed by atoms with E-state index in [1.54, 1.807) is 29.7 Å². The van der Waals surface area contributed by atoms with E-state index in [0.717, 1.165) is 30.7 Å². The Morgan fingerprint density at radius 3 is 2.38 bits per heavy atom. The van der Waals surface area contributed by atoms with E-state index in [2.05, 4.69) is 10.3 Å². The Balaban J connectivity index is 1.41. The molecule has 2 saturated heterocycles. The first kappa shape index (κ1) is 22.5. The summed E-state index contributed by atoms with van der Waals surface area (Å²) in [5.41, 5.74) is 0.734. The molecule has 1 amide bonds. The second-order valence-electron chi connectivity index (χ2n) is 8.27. The number of hydrogen-bond acceptors (Lipinski definition) is 6. The Hall–Kier alpha value is -2.65. The van der Waals surface area contributed by atoms with E-state index in [0.29, 0.717) is 44.8 Å². The van der Waals surface area contributed by atoms with Crippen LogP contribution in [-0.4, -0.2) is 56.9 Å². The molecule has 3 heterocycles. The number of nitrogens with one attached hydrogen (secondary N) is 1. The normalized spacial score (nSPS) is 18.3. The zero-order valence-corrected chi connectivity index (χ0v) is 19.2. The molecule has 2 aliphatic heterocycles. The van der Waals surface area contributed by atoms with Crippen molar-refractivity contribution < 1.29 is 17.9 Å². The van der Waals surface area contributed by atoms with Crippen LogP contribution in [0.3, 0.4) is 0 Å². The molecule has 0 bridgehead atoms. The second kappa shape index (κ2) is 9.87. The largest absolute Gasteiger partial charge is 0.497 e. The number of amides is 1. The number of sulfonamides is 1. The fraction of sp³-hybridized carbons (Fsp3) is 0.478. The van der Waals surface area contributed by atoms with Crippen molar-refractivity contribution in [2.75, 3.05) is 43.5 Å². The average molecular weight is 459 g/mol. The standard InChI is InChI=1S/C23H30N4O4S/c1-31-20-9-7-19(8-10-20)25-23(28)18-11-16-26(17-12-18)22-21(6-5-13-24-22)32(29,30)27-14-3-2-4-15-27/h5-10,13,18H,2-4,11-12,14-17H2,1H3,(H,25,28). The van der Waals surface area contributed by atoms with Crippen LogP contribution in [0, 0.1) is 5.92 Å². The van der Waals surface area contributed by atoms with E-state index >= 15 is 0 Å². The lowest BCUT2D eigenvalue weighted by Crippen LogP contribution is -2.40. The highest BCUT2D eigenvalue weighted by atomic mass is 32.2. The van der Waals surface area contributed by atoms with Gasteiger partial charge in [0.05, 0.1) is 7.11 Å². The Morgan fingerprint density at radius 2 is 1.72 bits per heavy atom. The Morgan fingerprint density at radius 1 is 1.03 bits per heavy atom. The van der Waals surface area contributed by atoms with Gasteiger partial charge in [0.15, 0.2) is 0 Å². The minimum absolute atomic E-state index is 0.0167. The fourth-order valence-corrected chi connectivity index (χ4v) is 6.02. The van der Waals surface area contributed by atoms with Crippen molar-refractivity contribution in [1.29, 1.82) is 0 Å². The van der Waals surface area contributed by atoms with Crippen molar-refractivity contribution in [3.8, 4) is 5.75 Å². The summed E-state index contributed by atoms with van der Waals surface area (Å²) in [6, 6.07) is 10.6. The molecule has 32 heavy (non-hydrogen) atoms. The van der Waals surface area contributed by atoms with E-state index in [-0.39, 0.29) is 16.7 Å². The summed E-state index contributed by atoms with van der Waals surface area (Å²) in [5, 5.41) is 2.96. The van der Waals surface area contributed by atoms with Crippen molar-refractivity contribution in [2.45, 2.75) is 37.0 Å². The summed E-state index contributed by atoms with van der Waals surface area (Å²) in [6.45, 7) is 2.29. The summed E-state index contributed by atoms with van der Waals surface area (Å²) < 4.78 is 33.2. The van der Waals surface area contributed by atoms with Gasteiger partial charge in [0.2, 0.25) is 15.9 Å². The highest BCUT2D eigenvalue weighted by Crippen LogP contribution is 2.31. The highest BCUT2D eigenvalue weighted by molar-refractivity contribution is 7.89. The summed E-state index contributed by atoms with van der Waals surface area (Å²) in [7, 11) is -1.98. The summed E-state index contributed by atoms with van der Waals surface area (Å²) in [4.78, 5) is 19.4. The molecule has 0 radical (unpaired) electrons. The smallest absolute Gasteiger partial charge is 0.246 e. The lowest BCUT2D eigenvalue weighted by atomic mass is 9.95. The number of carbonyl (C=O) groups is 1. The minimum atomic E-state index is -3.58. The van der Waals surface area contributed by atoms with Gasteiger partial charge in [-0.1, -0.05) is 6.42 Å². The first-order chi connectivity index (χ1) is 15.5. The van der Waals surface area contributed by atoms with Crippen LogP contribution in [0.2, 0.25) is 0 Å². The zero-order chi connectivity index (χ0) is 22.6. The summed E-state index contributed by atoms with van der Waals surface area (Å²) >= 11 is 0. The molecule has 0 unspecified atom stereocenters. The van der Waals surface area contributed by atoms with E-state index in [1.807, 2.05) is 29.2 Å². The summed E-state index contributed by atoms with van der Waals surface area (Å²) in [5.74, 6) is 1.09. The molecule has 2 aromatic rings. The number of piperidine rings is 2. The van der Waals surface area contributed by atoms with Crippen LogP contribution in [0.15, 0.2) is 47.5 Å². The van der Waals surface area contributed by atoms with Gasteiger partial charge in [-0.25, -0.2) is 13.4 Å². The molecule has 0 atom stereocenters. The molecule has 1 aromatic carbocycles. The molecule has 8 nitrogen and oxygen atoms in total. The molecular formula is C23H30N4O4S. The molecule has 1 N–H and O–H groups in total. The minimum Gasteiger partial charge on any atom is -0.497 e. The molecule has 1 aromatic heterocycles. The van der Waals surface area contributed by atoms with E-state index in [4.69, 9.17) is 4.74 Å². The lowest BCUT2D eigenvalue weighted by molar-refractivity contribution is -0.120. The molecule has 9 heteroatoms. The highest BCUT2D eigenvalue weighted by Gasteiger charge is 2.32. The predicted octanol–water partition coefficient (Wildman–Crippen LogP) is 3.12. The average Bonchev–Trinajstić information content (AvgIpc) is 2.85. The third-order valence-electron chi connectivity index (χ3n) is 6.21. The van der Waals surface area contributed by atoms with Gasteiger partial charge in [0.1, 0.15) is 16.5 Å². The first-order valence-electron chi connectivity index (χ1n) is 11.1. The second-order valence-corrected chi connectivity index (χ2v) is 10.2. The van der Waals surface area contributed by atoms with Crippen LogP contribution >= 0.6 is 0 Å². The topological polar surface area (TPSA) is 91.8 Å². The Kier molecular flexibility index (Phi) is 6.95. The van der Waals surface area contributed by atoms with Crippen molar-refractivity contribution in [3.05, 3.63) is 42.6 Å². The number of anilines is 2. The van der Waals surface area contributed by atoms with Gasteiger partial charge >= 0.3 is 0 Å². The Labute approximate surface area is 189 Å². The number of hydrogen-bond donors (Lipinski definition) is 1. The maximum atomic E-state index is 13.3. The third kappa shape index (κ3) is 4.88. The number of ether oxygens (including phenoxy) is 1. The van der Waals surface area contributed by atoms with E-state index in [1.165, 1.54) is 0 Å². The number of aromatic nitrogens is 1. The van der Waals surface area contributed by atoms with Gasteiger partial charge in [0.25, 0.3) is 0 Å². The van der Waals surface area contributed by atoms with Gasteiger partial charge in [-0.05, 0) is 62.1 Å². The number of methoxy groups -OCH3 is 1. The van der Waals surface area contributed by atoms with Crippen molar-refractivity contribution in [3.63, 3.8) is 0 Å². The summed E-state index contributed by atoms with van der Waals surface area (Å²) in [6.07, 6.45) is 5.77. The van der Waals surface area contributed by atoms with Crippen LogP contribution in [-0.2, 0) is 14.8 Å². The SMILES string of the molecule is COc1ccc(NC(=O)C2CCN(c3ncccc3S(=O)(=O)N3CCCCC3)CC2)cc1. The van der Waals surface area contributed by atoms with Gasteiger partial charge < -0.3 is 15.0 Å². The Bertz CT molecular complexity index is 1030. The van der Waals surface area contributed by atoms with Crippen LogP contribution in [0.5, 0.6) is 5.75 Å². The van der Waals surface area contributed by atoms with E-state index < -0.39 is 10.0 Å². The zero-order valence-electron chi connectivity index (χ0n) is 18.4. The molecule has 2 fully saturated rings. The van der Waals surface area contributed by atoms with Crippen molar-refractivity contribution in [2.24, 2.45) is 5.92 Å². The van der Waals surface area contributed by atoms with Crippen LogP contribution in [0.4, 0.5) is 11.5 Å². The first-order valence-corrected chi connectivity index (χ1v) is 12.6. The molecule has 4 rings (SSSR count). The number of pyridine rings is 1. The molecular weight excluding hydrogens is 428 g/mol. The van der Waals surface area contributed by atoms with Gasteiger partial charge in [0, 0.05) is 44.0 Å². The van der Waals surface area contributed by atoms with Crippen LogP contribution in [0.1, 0.15) is 32.1 Å². The molecule has 0 saturated carbocycles. The molecule has 172 valence electrons. The number of nitrogens with zero attached hydrogens (tertiary/aromatic N) is 3. The van der Waals surface area contributed by atoms with Crippen LogP contribution in [0.25, 0.3) is 0 Å². The number of rotatable bonds is 6. The predicted molar refractivity (Wildman–Crippen MR) is 123 cm³/mol. The van der Waals surface area contributed by atoms with E-state index in [9.17, 15) is 13.2 Å². The number of benzene rings is 1. The van der Waals surface area contributed by atoms with Crippen molar-refractivity contribution in [1.82, 2.24) is 9.29 Å². The third-order valence-corrected chi connectivity index (χ3v) is 8.13.